The predicted octanol–water partition coefficient (Wildman–Crippen LogP) is 4.66. The third-order valence-electron chi connectivity index (χ3n) is 5.41. The lowest BCUT2D eigenvalue weighted by Crippen LogP contribution is -2.12. The molecular formula is C23H21N5OS. The molecule has 0 spiro atoms. The first-order valence-electron chi connectivity index (χ1n) is 9.92. The molecule has 6 nitrogen and oxygen atoms in total. The van der Waals surface area contributed by atoms with Gasteiger partial charge in [-0.3, -0.25) is 14.5 Å². The number of pyridine rings is 1. The van der Waals surface area contributed by atoms with Gasteiger partial charge in [0.1, 0.15) is 0 Å². The van der Waals surface area contributed by atoms with E-state index in [1.807, 2.05) is 31.0 Å². The molecule has 3 heterocycles. The Bertz CT molecular complexity index is 1260. The standard InChI is InChI=1S/C23H21N5OS/c1-14-11-24-9-8-19(14)26-22(29)23-27-20-5-3-4-15-6-7-16(10-18(15)21(20)30-23)17-12-25-28(2)13-17/h6-13H,3-5H2,1-2H3,(H,24,26,29). The molecule has 5 rings (SSSR count). The highest BCUT2D eigenvalue weighted by atomic mass is 32.1. The van der Waals surface area contributed by atoms with Crippen molar-refractivity contribution in [3.8, 4) is 21.6 Å². The maximum absolute atomic E-state index is 12.9. The van der Waals surface area contributed by atoms with Crippen LogP contribution in [-0.2, 0) is 19.9 Å². The Kier molecular flexibility index (Phi) is 4.67. The maximum Gasteiger partial charge on any atom is 0.284 e. The van der Waals surface area contributed by atoms with Crippen molar-refractivity contribution in [2.45, 2.75) is 26.2 Å². The van der Waals surface area contributed by atoms with Crippen LogP contribution in [0.25, 0.3) is 21.6 Å². The number of nitrogens with one attached hydrogen (secondary N) is 1. The average molecular weight is 416 g/mol. The van der Waals surface area contributed by atoms with Crippen LogP contribution in [0.15, 0.2) is 49.1 Å². The van der Waals surface area contributed by atoms with E-state index in [9.17, 15) is 4.79 Å². The van der Waals surface area contributed by atoms with Crippen LogP contribution >= 0.6 is 11.3 Å². The van der Waals surface area contributed by atoms with E-state index in [0.717, 1.165) is 52.2 Å². The SMILES string of the molecule is Cc1cnccc1NC(=O)c1nc2c(s1)-c1cc(-c3cnn(C)c3)ccc1CCC2. The van der Waals surface area contributed by atoms with E-state index >= 15 is 0 Å². The summed E-state index contributed by atoms with van der Waals surface area (Å²) in [5.41, 5.74) is 7.40. The maximum atomic E-state index is 12.9. The lowest BCUT2D eigenvalue weighted by atomic mass is 9.99. The molecule has 0 bridgehead atoms. The smallest absolute Gasteiger partial charge is 0.284 e. The van der Waals surface area contributed by atoms with Crippen LogP contribution in [0.5, 0.6) is 0 Å². The summed E-state index contributed by atoms with van der Waals surface area (Å²) in [4.78, 5) is 22.8. The van der Waals surface area contributed by atoms with E-state index in [2.05, 4.69) is 33.6 Å². The summed E-state index contributed by atoms with van der Waals surface area (Å²) in [6.07, 6.45) is 10.2. The number of aryl methyl sites for hydroxylation is 4. The van der Waals surface area contributed by atoms with Crippen LogP contribution in [0, 0.1) is 6.92 Å². The fourth-order valence-electron chi connectivity index (χ4n) is 3.82. The number of aromatic nitrogens is 4. The van der Waals surface area contributed by atoms with Crippen molar-refractivity contribution in [3.63, 3.8) is 0 Å². The number of nitrogens with zero attached hydrogens (tertiary/aromatic N) is 4. The molecule has 150 valence electrons. The zero-order valence-electron chi connectivity index (χ0n) is 16.8. The minimum atomic E-state index is -0.174. The number of carbonyl (C=O) groups excluding carboxylic acids is 1. The fraction of sp³-hybridized carbons (Fsp3) is 0.217. The molecule has 3 aromatic heterocycles. The highest BCUT2D eigenvalue weighted by molar-refractivity contribution is 7.17. The topological polar surface area (TPSA) is 72.7 Å². The van der Waals surface area contributed by atoms with Gasteiger partial charge < -0.3 is 5.32 Å². The highest BCUT2D eigenvalue weighted by Gasteiger charge is 2.23. The van der Waals surface area contributed by atoms with Crippen molar-refractivity contribution in [3.05, 3.63) is 70.9 Å². The van der Waals surface area contributed by atoms with Crippen molar-refractivity contribution in [2.75, 3.05) is 5.32 Å². The molecule has 0 fully saturated rings. The lowest BCUT2D eigenvalue weighted by Gasteiger charge is -2.08. The normalized spacial score (nSPS) is 12.7. The molecule has 1 aliphatic carbocycles. The molecule has 30 heavy (non-hydrogen) atoms. The molecule has 0 unspecified atom stereocenters. The Morgan fingerprint density at radius 3 is 2.87 bits per heavy atom. The van der Waals surface area contributed by atoms with Crippen molar-refractivity contribution < 1.29 is 4.79 Å². The van der Waals surface area contributed by atoms with Crippen molar-refractivity contribution in [1.29, 1.82) is 0 Å². The number of hydrogen-bond acceptors (Lipinski definition) is 5. The third-order valence-corrected chi connectivity index (χ3v) is 6.54. The van der Waals surface area contributed by atoms with Gasteiger partial charge >= 0.3 is 0 Å². The third kappa shape index (κ3) is 3.41. The lowest BCUT2D eigenvalue weighted by molar-refractivity contribution is 0.102. The quantitative estimate of drug-likeness (QED) is 0.528. The van der Waals surface area contributed by atoms with Gasteiger partial charge in [-0.1, -0.05) is 12.1 Å². The molecule has 1 N–H and O–H groups in total. The summed E-state index contributed by atoms with van der Waals surface area (Å²) in [6.45, 7) is 1.93. The summed E-state index contributed by atoms with van der Waals surface area (Å²) in [6, 6.07) is 8.37. The zero-order valence-corrected chi connectivity index (χ0v) is 17.7. The molecule has 7 heteroatoms. The molecule has 0 radical (unpaired) electrons. The summed E-state index contributed by atoms with van der Waals surface area (Å²) in [5, 5.41) is 7.76. The number of amides is 1. The Morgan fingerprint density at radius 1 is 1.17 bits per heavy atom. The van der Waals surface area contributed by atoms with Gasteiger partial charge in [0.05, 0.1) is 16.8 Å². The average Bonchev–Trinajstić information content (AvgIpc) is 3.33. The second-order valence-corrected chi connectivity index (χ2v) is 8.57. The Hall–Kier alpha value is -3.32. The Morgan fingerprint density at radius 2 is 2.07 bits per heavy atom. The van der Waals surface area contributed by atoms with Gasteiger partial charge in [-0.25, -0.2) is 4.98 Å². The number of thiazole rings is 1. The first-order valence-corrected chi connectivity index (χ1v) is 10.7. The number of benzene rings is 1. The molecule has 0 aliphatic heterocycles. The van der Waals surface area contributed by atoms with Gasteiger partial charge in [0, 0.05) is 36.9 Å². The molecule has 0 saturated carbocycles. The van der Waals surface area contributed by atoms with E-state index in [1.165, 1.54) is 22.5 Å². The summed E-state index contributed by atoms with van der Waals surface area (Å²) >= 11 is 1.47. The number of hydrogen-bond donors (Lipinski definition) is 1. The number of anilines is 1. The molecular weight excluding hydrogens is 394 g/mol. The van der Waals surface area contributed by atoms with Gasteiger partial charge in [0.25, 0.3) is 5.91 Å². The molecule has 1 amide bonds. The molecule has 0 saturated heterocycles. The van der Waals surface area contributed by atoms with Gasteiger partial charge in [0.2, 0.25) is 0 Å². The van der Waals surface area contributed by atoms with Crippen molar-refractivity contribution in [2.24, 2.45) is 7.05 Å². The fourth-order valence-corrected chi connectivity index (χ4v) is 4.88. The predicted molar refractivity (Wildman–Crippen MR) is 119 cm³/mol. The zero-order chi connectivity index (χ0) is 20.7. The first-order chi connectivity index (χ1) is 14.6. The molecule has 4 aromatic rings. The van der Waals surface area contributed by atoms with Gasteiger partial charge in [0.15, 0.2) is 5.01 Å². The summed E-state index contributed by atoms with van der Waals surface area (Å²) in [5.74, 6) is -0.174. The van der Waals surface area contributed by atoms with Crippen molar-refractivity contribution in [1.82, 2.24) is 19.7 Å². The molecule has 1 aliphatic rings. The van der Waals surface area contributed by atoms with Crippen molar-refractivity contribution >= 4 is 22.9 Å². The highest BCUT2D eigenvalue weighted by Crippen LogP contribution is 2.39. The van der Waals surface area contributed by atoms with E-state index in [-0.39, 0.29) is 5.91 Å². The van der Waals surface area contributed by atoms with Gasteiger partial charge in [-0.05, 0) is 60.6 Å². The number of carbonyl (C=O) groups is 1. The summed E-state index contributed by atoms with van der Waals surface area (Å²) < 4.78 is 1.81. The second kappa shape index (κ2) is 7.50. The van der Waals surface area contributed by atoms with Crippen LogP contribution in [0.1, 0.15) is 33.0 Å². The Labute approximate surface area is 178 Å². The van der Waals surface area contributed by atoms with Crippen LogP contribution in [-0.4, -0.2) is 25.7 Å². The summed E-state index contributed by atoms with van der Waals surface area (Å²) in [7, 11) is 1.92. The molecule has 1 aromatic carbocycles. The van der Waals surface area contributed by atoms with Gasteiger partial charge in [-0.2, -0.15) is 5.10 Å². The second-order valence-electron chi connectivity index (χ2n) is 7.57. The minimum Gasteiger partial charge on any atom is -0.320 e. The van der Waals surface area contributed by atoms with Crippen LogP contribution < -0.4 is 5.32 Å². The van der Waals surface area contributed by atoms with Crippen LogP contribution in [0.2, 0.25) is 0 Å². The Balaban J connectivity index is 1.52. The number of fused-ring (bicyclic) bond motifs is 3. The monoisotopic (exact) mass is 415 g/mol. The van der Waals surface area contributed by atoms with E-state index in [0.29, 0.717) is 5.01 Å². The number of rotatable bonds is 3. The van der Waals surface area contributed by atoms with E-state index in [1.54, 1.807) is 18.5 Å². The largest absolute Gasteiger partial charge is 0.320 e. The molecule has 0 atom stereocenters. The van der Waals surface area contributed by atoms with Gasteiger partial charge in [-0.15, -0.1) is 11.3 Å². The van der Waals surface area contributed by atoms with E-state index < -0.39 is 0 Å². The van der Waals surface area contributed by atoms with Crippen LogP contribution in [0.4, 0.5) is 5.69 Å². The van der Waals surface area contributed by atoms with E-state index in [4.69, 9.17) is 4.98 Å². The minimum absolute atomic E-state index is 0.174. The first kappa shape index (κ1) is 18.7. The van der Waals surface area contributed by atoms with Crippen LogP contribution in [0.3, 0.4) is 0 Å².